The van der Waals surface area contributed by atoms with Gasteiger partial charge in [0.1, 0.15) is 0 Å². The molecule has 4 heteroatoms. The van der Waals surface area contributed by atoms with Gasteiger partial charge >= 0.3 is 0 Å². The fourth-order valence-electron chi connectivity index (χ4n) is 1.57. The molecule has 13 heavy (non-hydrogen) atoms. The summed E-state index contributed by atoms with van der Waals surface area (Å²) in [6, 6.07) is 0. The highest BCUT2D eigenvalue weighted by Gasteiger charge is 2.31. The van der Waals surface area contributed by atoms with Gasteiger partial charge in [0.25, 0.3) is 0 Å². The van der Waals surface area contributed by atoms with Gasteiger partial charge in [-0.1, -0.05) is 13.8 Å². The molecule has 1 rings (SSSR count). The summed E-state index contributed by atoms with van der Waals surface area (Å²) in [5.74, 6) is 0.383. The van der Waals surface area contributed by atoms with Crippen LogP contribution in [0.4, 0.5) is 8.78 Å². The summed E-state index contributed by atoms with van der Waals surface area (Å²) < 4.78 is 26.5. The second-order valence-corrected chi connectivity index (χ2v) is 4.16. The Balaban J connectivity index is 2.46. The molecular formula is C9H18F2N2. The van der Waals surface area contributed by atoms with Crippen molar-refractivity contribution in [1.82, 2.24) is 9.80 Å². The van der Waals surface area contributed by atoms with E-state index in [0.29, 0.717) is 12.5 Å². The van der Waals surface area contributed by atoms with E-state index in [2.05, 4.69) is 0 Å². The molecule has 0 bridgehead atoms. The molecule has 2 atom stereocenters. The molecule has 2 nitrogen and oxygen atoms in total. The zero-order chi connectivity index (χ0) is 10.0. The Morgan fingerprint density at radius 1 is 1.23 bits per heavy atom. The molecule has 0 saturated carbocycles. The number of alkyl halides is 2. The number of piperazine rings is 1. The Bertz CT molecular complexity index is 164. The van der Waals surface area contributed by atoms with Crippen LogP contribution in [0.25, 0.3) is 0 Å². The molecular weight excluding hydrogens is 174 g/mol. The predicted octanol–water partition coefficient (Wildman–Crippen LogP) is 1.48. The first-order valence-electron chi connectivity index (χ1n) is 4.73. The van der Waals surface area contributed by atoms with E-state index in [9.17, 15) is 8.78 Å². The summed E-state index contributed by atoms with van der Waals surface area (Å²) in [4.78, 5) is 3.00. The lowest BCUT2D eigenvalue weighted by molar-refractivity contribution is -0.0672. The van der Waals surface area contributed by atoms with Crippen molar-refractivity contribution < 1.29 is 8.78 Å². The number of hydrogen-bond acceptors (Lipinski definition) is 2. The van der Waals surface area contributed by atoms with Crippen LogP contribution in [0.15, 0.2) is 0 Å². The first-order chi connectivity index (χ1) is 6.00. The van der Waals surface area contributed by atoms with Crippen molar-refractivity contribution in [3.8, 4) is 0 Å². The zero-order valence-corrected chi connectivity index (χ0v) is 8.50. The molecule has 0 amide bonds. The summed E-state index contributed by atoms with van der Waals surface area (Å²) in [6.07, 6.45) is -2.04. The fourth-order valence-corrected chi connectivity index (χ4v) is 1.57. The van der Waals surface area contributed by atoms with Gasteiger partial charge in [-0.05, 0) is 13.0 Å². The van der Waals surface area contributed by atoms with Crippen molar-refractivity contribution in [3.63, 3.8) is 0 Å². The van der Waals surface area contributed by atoms with E-state index >= 15 is 0 Å². The summed E-state index contributed by atoms with van der Waals surface area (Å²) in [7, 11) is 1.62. The topological polar surface area (TPSA) is 6.48 Å². The summed E-state index contributed by atoms with van der Waals surface area (Å²) in [5.41, 5.74) is 0. The van der Waals surface area contributed by atoms with Crippen LogP contribution in [0, 0.1) is 5.92 Å². The number of hydrogen-bond donors (Lipinski definition) is 0. The second kappa shape index (κ2) is 4.33. The molecule has 0 aliphatic carbocycles. The van der Waals surface area contributed by atoms with E-state index in [1.165, 1.54) is 4.90 Å². The fraction of sp³-hybridized carbons (Fsp3) is 1.00. The van der Waals surface area contributed by atoms with Gasteiger partial charge < -0.3 is 0 Å². The summed E-state index contributed by atoms with van der Waals surface area (Å²) in [6.45, 7) is 5.02. The van der Waals surface area contributed by atoms with Crippen molar-refractivity contribution >= 4 is 0 Å². The summed E-state index contributed by atoms with van der Waals surface area (Å²) >= 11 is 0. The number of likely N-dealkylation sites (N-methyl/N-ethyl adjacent to an activating group) is 1. The minimum absolute atomic E-state index is 0.174. The minimum atomic E-state index is -1.02. The lowest BCUT2D eigenvalue weighted by Crippen LogP contribution is -2.54. The largest absolute Gasteiger partial charge is 0.272 e. The maximum Gasteiger partial charge on any atom is 0.166 e. The van der Waals surface area contributed by atoms with Crippen LogP contribution in [0.1, 0.15) is 13.8 Å². The average Bonchev–Trinajstić information content (AvgIpc) is 1.99. The van der Waals surface area contributed by atoms with Gasteiger partial charge in [-0.3, -0.25) is 9.80 Å². The van der Waals surface area contributed by atoms with Crippen molar-refractivity contribution in [2.75, 3.05) is 26.7 Å². The monoisotopic (exact) mass is 192 g/mol. The second-order valence-electron chi connectivity index (χ2n) is 4.16. The molecule has 1 saturated heterocycles. The molecule has 0 aromatic rings. The highest BCUT2D eigenvalue weighted by atomic mass is 19.1. The number of halogens is 2. The van der Waals surface area contributed by atoms with Gasteiger partial charge in [-0.2, -0.15) is 0 Å². The van der Waals surface area contributed by atoms with Crippen molar-refractivity contribution in [2.45, 2.75) is 26.4 Å². The van der Waals surface area contributed by atoms with Crippen LogP contribution < -0.4 is 0 Å². The van der Waals surface area contributed by atoms with Crippen molar-refractivity contribution in [1.29, 1.82) is 0 Å². The number of nitrogens with zero attached hydrogens (tertiary/aromatic N) is 2. The van der Waals surface area contributed by atoms with Crippen LogP contribution >= 0.6 is 0 Å². The lowest BCUT2D eigenvalue weighted by Gasteiger charge is -2.38. The van der Waals surface area contributed by atoms with Crippen molar-refractivity contribution in [3.05, 3.63) is 0 Å². The third kappa shape index (κ3) is 2.88. The Hall–Kier alpha value is -0.220. The normalized spacial score (nSPS) is 32.8. The van der Waals surface area contributed by atoms with Crippen LogP contribution in [-0.2, 0) is 0 Å². The molecule has 1 aliphatic heterocycles. The molecule has 0 aromatic heterocycles. The standard InChI is InChI=1S/C9H18F2N2/c1-7(2)4-13-6-8(10)12(3)5-9(13)11/h7-9H,4-6H2,1-3H3. The minimum Gasteiger partial charge on any atom is -0.272 e. The molecule has 78 valence electrons. The third-order valence-corrected chi connectivity index (χ3v) is 2.30. The maximum absolute atomic E-state index is 13.3. The zero-order valence-electron chi connectivity index (χ0n) is 8.50. The maximum atomic E-state index is 13.3. The lowest BCUT2D eigenvalue weighted by atomic mass is 10.2. The quantitative estimate of drug-likeness (QED) is 0.611. The third-order valence-electron chi connectivity index (χ3n) is 2.30. The van der Waals surface area contributed by atoms with Crippen LogP contribution in [-0.4, -0.2) is 49.1 Å². The average molecular weight is 192 g/mol. The van der Waals surface area contributed by atoms with Gasteiger partial charge in [0.15, 0.2) is 12.6 Å². The van der Waals surface area contributed by atoms with E-state index in [-0.39, 0.29) is 13.1 Å². The van der Waals surface area contributed by atoms with Gasteiger partial charge in [-0.15, -0.1) is 0 Å². The van der Waals surface area contributed by atoms with Gasteiger partial charge in [0, 0.05) is 19.6 Å². The Kier molecular flexibility index (Phi) is 3.62. The Morgan fingerprint density at radius 3 is 2.38 bits per heavy atom. The molecule has 1 heterocycles. The van der Waals surface area contributed by atoms with Gasteiger partial charge in [0.05, 0.1) is 0 Å². The molecule has 1 fully saturated rings. The van der Waals surface area contributed by atoms with Crippen LogP contribution in [0.3, 0.4) is 0 Å². The van der Waals surface area contributed by atoms with E-state index in [4.69, 9.17) is 0 Å². The first-order valence-corrected chi connectivity index (χ1v) is 4.73. The first kappa shape index (κ1) is 10.9. The van der Waals surface area contributed by atoms with E-state index in [1.54, 1.807) is 11.9 Å². The predicted molar refractivity (Wildman–Crippen MR) is 48.8 cm³/mol. The molecule has 0 N–H and O–H groups in total. The van der Waals surface area contributed by atoms with Gasteiger partial charge in [-0.25, -0.2) is 8.78 Å². The highest BCUT2D eigenvalue weighted by molar-refractivity contribution is 4.77. The van der Waals surface area contributed by atoms with Gasteiger partial charge in [0.2, 0.25) is 0 Å². The molecule has 1 aliphatic rings. The Labute approximate surface area is 78.5 Å². The number of rotatable bonds is 2. The van der Waals surface area contributed by atoms with E-state index in [0.717, 1.165) is 0 Å². The Morgan fingerprint density at radius 2 is 1.85 bits per heavy atom. The van der Waals surface area contributed by atoms with E-state index in [1.807, 2.05) is 13.8 Å². The smallest absolute Gasteiger partial charge is 0.166 e. The molecule has 0 spiro atoms. The molecule has 0 radical (unpaired) electrons. The summed E-state index contributed by atoms with van der Waals surface area (Å²) in [5, 5.41) is 0. The van der Waals surface area contributed by atoms with E-state index < -0.39 is 12.6 Å². The molecule has 2 unspecified atom stereocenters. The highest BCUT2D eigenvalue weighted by Crippen LogP contribution is 2.16. The van der Waals surface area contributed by atoms with Crippen molar-refractivity contribution in [2.24, 2.45) is 5.92 Å². The molecule has 0 aromatic carbocycles. The van der Waals surface area contributed by atoms with Crippen LogP contribution in [0.5, 0.6) is 0 Å². The SMILES string of the molecule is CC(C)CN1CC(F)N(C)CC1F. The van der Waals surface area contributed by atoms with Crippen LogP contribution in [0.2, 0.25) is 0 Å².